The minimum absolute atomic E-state index is 0.0481. The van der Waals surface area contributed by atoms with E-state index >= 15 is 0 Å². The Bertz CT molecular complexity index is 530. The Labute approximate surface area is 117 Å². The molecule has 4 N–H and O–H groups in total. The second kappa shape index (κ2) is 6.76. The van der Waals surface area contributed by atoms with Crippen molar-refractivity contribution in [3.63, 3.8) is 0 Å². The predicted octanol–water partition coefficient (Wildman–Crippen LogP) is 1.08. The normalized spacial score (nSPS) is 10.5. The fourth-order valence-electron chi connectivity index (χ4n) is 1.90. The van der Waals surface area contributed by atoms with Crippen molar-refractivity contribution in [2.45, 2.75) is 13.5 Å². The number of nitrogens with zero attached hydrogens (tertiary/aromatic N) is 3. The Morgan fingerprint density at radius 3 is 2.95 bits per heavy atom. The quantitative estimate of drug-likeness (QED) is 0.696. The lowest BCUT2D eigenvalue weighted by Crippen LogP contribution is -2.28. The summed E-state index contributed by atoms with van der Waals surface area (Å²) < 4.78 is 5.24. The molecule has 108 valence electrons. The number of nitrogen functional groups attached to an aromatic ring is 1. The minimum Gasteiger partial charge on any atom is -0.467 e. The lowest BCUT2D eigenvalue weighted by Gasteiger charge is -2.22. The van der Waals surface area contributed by atoms with Gasteiger partial charge in [-0.1, -0.05) is 0 Å². The van der Waals surface area contributed by atoms with Gasteiger partial charge in [-0.15, -0.1) is 0 Å². The zero-order valence-corrected chi connectivity index (χ0v) is 11.4. The van der Waals surface area contributed by atoms with Gasteiger partial charge in [-0.3, -0.25) is 0 Å². The number of likely N-dealkylation sites (N-methyl/N-ethyl adjacent to an activating group) is 1. The van der Waals surface area contributed by atoms with Gasteiger partial charge in [0.1, 0.15) is 17.8 Å². The van der Waals surface area contributed by atoms with E-state index in [0.717, 1.165) is 5.76 Å². The molecule has 2 aromatic heterocycles. The fourth-order valence-corrected chi connectivity index (χ4v) is 1.90. The van der Waals surface area contributed by atoms with Crippen LogP contribution in [0.15, 0.2) is 29.1 Å². The van der Waals surface area contributed by atoms with Crippen molar-refractivity contribution < 1.29 is 9.52 Å². The SMILES string of the molecule is CCN(CCO)c1ncnc(NCc2ccco2)c1N. The van der Waals surface area contributed by atoms with Gasteiger partial charge in [0.15, 0.2) is 11.6 Å². The number of nitrogens with one attached hydrogen (secondary N) is 1. The summed E-state index contributed by atoms with van der Waals surface area (Å²) in [5.74, 6) is 1.98. The fraction of sp³-hybridized carbons (Fsp3) is 0.385. The first-order chi connectivity index (χ1) is 9.76. The van der Waals surface area contributed by atoms with Crippen LogP contribution in [0, 0.1) is 0 Å². The average molecular weight is 277 g/mol. The molecule has 0 amide bonds. The third kappa shape index (κ3) is 3.18. The molecule has 2 heterocycles. The molecule has 20 heavy (non-hydrogen) atoms. The Morgan fingerprint density at radius 1 is 1.45 bits per heavy atom. The molecular weight excluding hydrogens is 258 g/mol. The minimum atomic E-state index is 0.0481. The summed E-state index contributed by atoms with van der Waals surface area (Å²) in [4.78, 5) is 10.2. The van der Waals surface area contributed by atoms with Gasteiger partial charge in [-0.05, 0) is 19.1 Å². The molecule has 2 rings (SSSR count). The van der Waals surface area contributed by atoms with Crippen LogP contribution in [0.1, 0.15) is 12.7 Å². The van der Waals surface area contributed by atoms with Gasteiger partial charge < -0.3 is 25.5 Å². The summed E-state index contributed by atoms with van der Waals surface area (Å²) in [6, 6.07) is 3.70. The molecule has 0 aromatic carbocycles. The average Bonchev–Trinajstić information content (AvgIpc) is 2.97. The smallest absolute Gasteiger partial charge is 0.157 e. The van der Waals surface area contributed by atoms with Crippen LogP contribution in [0.4, 0.5) is 17.3 Å². The highest BCUT2D eigenvalue weighted by Gasteiger charge is 2.13. The van der Waals surface area contributed by atoms with Crippen molar-refractivity contribution in [1.82, 2.24) is 9.97 Å². The maximum atomic E-state index is 9.06. The topological polar surface area (TPSA) is 100 Å². The van der Waals surface area contributed by atoms with E-state index in [1.807, 2.05) is 24.0 Å². The number of nitrogens with two attached hydrogens (primary N) is 1. The second-order valence-corrected chi connectivity index (χ2v) is 4.20. The number of aromatic nitrogens is 2. The van der Waals surface area contributed by atoms with E-state index in [4.69, 9.17) is 15.3 Å². The van der Waals surface area contributed by atoms with E-state index < -0.39 is 0 Å². The van der Waals surface area contributed by atoms with Crippen LogP contribution in [-0.4, -0.2) is 34.8 Å². The molecule has 0 aliphatic rings. The second-order valence-electron chi connectivity index (χ2n) is 4.20. The number of rotatable bonds is 7. The summed E-state index contributed by atoms with van der Waals surface area (Å²) in [6.07, 6.45) is 3.07. The van der Waals surface area contributed by atoms with E-state index in [1.54, 1.807) is 6.26 Å². The Morgan fingerprint density at radius 2 is 2.30 bits per heavy atom. The summed E-state index contributed by atoms with van der Waals surface area (Å²) in [5, 5.41) is 12.2. The Kier molecular flexibility index (Phi) is 4.78. The molecular formula is C13H19N5O2. The van der Waals surface area contributed by atoms with Gasteiger partial charge in [-0.25, -0.2) is 9.97 Å². The van der Waals surface area contributed by atoms with Crippen molar-refractivity contribution >= 4 is 17.3 Å². The number of hydrogen-bond acceptors (Lipinski definition) is 7. The molecule has 2 aromatic rings. The molecule has 0 bridgehead atoms. The van der Waals surface area contributed by atoms with Gasteiger partial charge in [0, 0.05) is 13.1 Å². The molecule has 7 heteroatoms. The van der Waals surface area contributed by atoms with E-state index in [0.29, 0.717) is 37.0 Å². The third-order valence-corrected chi connectivity index (χ3v) is 2.92. The highest BCUT2D eigenvalue weighted by atomic mass is 16.3. The lowest BCUT2D eigenvalue weighted by molar-refractivity contribution is 0.302. The highest BCUT2D eigenvalue weighted by Crippen LogP contribution is 2.26. The van der Waals surface area contributed by atoms with Crippen LogP contribution in [-0.2, 0) is 6.54 Å². The van der Waals surface area contributed by atoms with Gasteiger partial charge >= 0.3 is 0 Å². The molecule has 0 fully saturated rings. The van der Waals surface area contributed by atoms with Crippen molar-refractivity contribution in [3.05, 3.63) is 30.5 Å². The molecule has 0 unspecified atom stereocenters. The predicted molar refractivity (Wildman–Crippen MR) is 77.5 cm³/mol. The Balaban J connectivity index is 2.13. The molecule has 0 radical (unpaired) electrons. The third-order valence-electron chi connectivity index (χ3n) is 2.92. The van der Waals surface area contributed by atoms with Crippen molar-refractivity contribution in [2.75, 3.05) is 35.6 Å². The lowest BCUT2D eigenvalue weighted by atomic mass is 10.3. The van der Waals surface area contributed by atoms with E-state index in [-0.39, 0.29) is 6.61 Å². The number of anilines is 3. The highest BCUT2D eigenvalue weighted by molar-refractivity contribution is 5.74. The molecule has 0 saturated heterocycles. The number of aliphatic hydroxyl groups is 1. The first kappa shape index (κ1) is 14.1. The molecule has 0 aliphatic heterocycles. The zero-order valence-electron chi connectivity index (χ0n) is 11.4. The summed E-state index contributed by atoms with van der Waals surface area (Å²) in [6.45, 7) is 3.72. The van der Waals surface area contributed by atoms with Crippen LogP contribution in [0.2, 0.25) is 0 Å². The van der Waals surface area contributed by atoms with Gasteiger partial charge in [-0.2, -0.15) is 0 Å². The van der Waals surface area contributed by atoms with Crippen LogP contribution < -0.4 is 16.0 Å². The first-order valence-corrected chi connectivity index (χ1v) is 6.48. The van der Waals surface area contributed by atoms with Crippen LogP contribution in [0.3, 0.4) is 0 Å². The standard InChI is InChI=1S/C13H19N5O2/c1-2-18(5-6-19)13-11(14)12(16-9-17-13)15-8-10-4-3-7-20-10/h3-4,7,9,19H,2,5-6,8,14H2,1H3,(H,15,16,17). The van der Waals surface area contributed by atoms with Gasteiger partial charge in [0.2, 0.25) is 0 Å². The monoisotopic (exact) mass is 277 g/mol. The summed E-state index contributed by atoms with van der Waals surface area (Å²) >= 11 is 0. The van der Waals surface area contributed by atoms with Crippen molar-refractivity contribution in [2.24, 2.45) is 0 Å². The number of aliphatic hydroxyl groups excluding tert-OH is 1. The van der Waals surface area contributed by atoms with Crippen LogP contribution in [0.25, 0.3) is 0 Å². The van der Waals surface area contributed by atoms with E-state index in [1.165, 1.54) is 6.33 Å². The molecule has 7 nitrogen and oxygen atoms in total. The number of furan rings is 1. The zero-order chi connectivity index (χ0) is 14.4. The van der Waals surface area contributed by atoms with Crippen LogP contribution >= 0.6 is 0 Å². The van der Waals surface area contributed by atoms with Gasteiger partial charge in [0.05, 0.1) is 19.4 Å². The molecule has 0 spiro atoms. The molecule has 0 aliphatic carbocycles. The van der Waals surface area contributed by atoms with E-state index in [2.05, 4.69) is 15.3 Å². The summed E-state index contributed by atoms with van der Waals surface area (Å²) in [5.41, 5.74) is 6.56. The van der Waals surface area contributed by atoms with Gasteiger partial charge in [0.25, 0.3) is 0 Å². The van der Waals surface area contributed by atoms with E-state index in [9.17, 15) is 0 Å². The van der Waals surface area contributed by atoms with Crippen molar-refractivity contribution in [3.8, 4) is 0 Å². The van der Waals surface area contributed by atoms with Crippen molar-refractivity contribution in [1.29, 1.82) is 0 Å². The first-order valence-electron chi connectivity index (χ1n) is 6.48. The maximum absolute atomic E-state index is 9.06. The number of hydrogen-bond donors (Lipinski definition) is 3. The summed E-state index contributed by atoms with van der Waals surface area (Å²) in [7, 11) is 0. The molecule has 0 saturated carbocycles. The maximum Gasteiger partial charge on any atom is 0.157 e. The van der Waals surface area contributed by atoms with Crippen LogP contribution in [0.5, 0.6) is 0 Å². The Hall–Kier alpha value is -2.28. The largest absolute Gasteiger partial charge is 0.467 e. The molecule has 0 atom stereocenters.